The zero-order chi connectivity index (χ0) is 8.72. The van der Waals surface area contributed by atoms with Crippen molar-refractivity contribution in [1.29, 1.82) is 0 Å². The molecule has 0 bridgehead atoms. The Morgan fingerprint density at radius 1 is 1.08 bits per heavy atom. The second-order valence-electron chi connectivity index (χ2n) is 4.78. The average molecular weight is 167 g/mol. The van der Waals surface area contributed by atoms with Gasteiger partial charge in [0.05, 0.1) is 0 Å². The lowest BCUT2D eigenvalue weighted by Gasteiger charge is -2.30. The summed E-state index contributed by atoms with van der Waals surface area (Å²) in [5, 5.41) is 0. The van der Waals surface area contributed by atoms with Crippen LogP contribution in [0.25, 0.3) is 0 Å². The average Bonchev–Trinajstić information content (AvgIpc) is 2.33. The first-order valence-corrected chi connectivity index (χ1v) is 5.43. The number of hydrogen-bond donors (Lipinski definition) is 0. The zero-order valence-electron chi connectivity index (χ0n) is 8.59. The number of nitrogens with zero attached hydrogens (tertiary/aromatic N) is 1. The Balaban J connectivity index is 2.14. The molecule has 1 heteroatoms. The van der Waals surface area contributed by atoms with Gasteiger partial charge in [0.25, 0.3) is 0 Å². The Labute approximate surface area is 76.1 Å². The van der Waals surface area contributed by atoms with Crippen molar-refractivity contribution < 1.29 is 0 Å². The van der Waals surface area contributed by atoms with Crippen molar-refractivity contribution in [2.45, 2.75) is 51.6 Å². The monoisotopic (exact) mass is 167 g/mol. The molecule has 1 nitrogen and oxygen atoms in total. The molecule has 0 spiro atoms. The highest BCUT2D eigenvalue weighted by Gasteiger charge is 2.42. The predicted molar refractivity (Wildman–Crippen MR) is 52.1 cm³/mol. The molecule has 4 atom stereocenters. The molecular formula is C11H21N. The van der Waals surface area contributed by atoms with E-state index < -0.39 is 0 Å². The highest BCUT2D eigenvalue weighted by molar-refractivity contribution is 4.96. The van der Waals surface area contributed by atoms with E-state index in [1.807, 2.05) is 0 Å². The quantitative estimate of drug-likeness (QED) is 0.536. The summed E-state index contributed by atoms with van der Waals surface area (Å²) in [5.74, 6) is 1.94. The van der Waals surface area contributed by atoms with Crippen LogP contribution < -0.4 is 0 Å². The smallest absolute Gasteiger partial charge is 0.0126 e. The lowest BCUT2D eigenvalue weighted by Crippen LogP contribution is -2.34. The van der Waals surface area contributed by atoms with Crippen LogP contribution >= 0.6 is 0 Å². The Bertz CT molecular complexity index is 148. The van der Waals surface area contributed by atoms with Crippen molar-refractivity contribution in [3.8, 4) is 0 Å². The lowest BCUT2D eigenvalue weighted by atomic mass is 9.79. The van der Waals surface area contributed by atoms with Gasteiger partial charge in [0.2, 0.25) is 0 Å². The molecule has 12 heavy (non-hydrogen) atoms. The van der Waals surface area contributed by atoms with Crippen LogP contribution in [-0.2, 0) is 0 Å². The van der Waals surface area contributed by atoms with Crippen LogP contribution in [0.2, 0.25) is 0 Å². The van der Waals surface area contributed by atoms with Crippen LogP contribution in [0.4, 0.5) is 0 Å². The van der Waals surface area contributed by atoms with Crippen LogP contribution in [0, 0.1) is 11.8 Å². The van der Waals surface area contributed by atoms with Crippen molar-refractivity contribution in [1.82, 2.24) is 4.90 Å². The Morgan fingerprint density at radius 3 is 2.42 bits per heavy atom. The third kappa shape index (κ3) is 1.10. The maximum atomic E-state index is 2.62. The van der Waals surface area contributed by atoms with Gasteiger partial charge in [-0.3, -0.25) is 0 Å². The summed E-state index contributed by atoms with van der Waals surface area (Å²) < 4.78 is 0. The van der Waals surface area contributed by atoms with E-state index >= 15 is 0 Å². The van der Waals surface area contributed by atoms with Crippen molar-refractivity contribution in [2.75, 3.05) is 7.05 Å². The van der Waals surface area contributed by atoms with Crippen LogP contribution in [-0.4, -0.2) is 24.0 Å². The second kappa shape index (κ2) is 3.02. The Morgan fingerprint density at radius 2 is 1.75 bits per heavy atom. The first-order valence-electron chi connectivity index (χ1n) is 5.43. The van der Waals surface area contributed by atoms with Gasteiger partial charge in [-0.1, -0.05) is 19.8 Å². The summed E-state index contributed by atoms with van der Waals surface area (Å²) in [6.07, 6.45) is 5.88. The Hall–Kier alpha value is -0.0400. The van der Waals surface area contributed by atoms with E-state index in [1.165, 1.54) is 25.7 Å². The fraction of sp³-hybridized carbons (Fsp3) is 1.00. The maximum Gasteiger partial charge on any atom is 0.0126 e. The predicted octanol–water partition coefficient (Wildman–Crippen LogP) is 2.52. The molecule has 2 fully saturated rings. The zero-order valence-corrected chi connectivity index (χ0v) is 8.59. The summed E-state index contributed by atoms with van der Waals surface area (Å²) >= 11 is 0. The van der Waals surface area contributed by atoms with Gasteiger partial charge in [-0.25, -0.2) is 0 Å². The lowest BCUT2D eigenvalue weighted by molar-refractivity contribution is 0.192. The number of fused-ring (bicyclic) bond motifs is 1. The molecule has 0 aromatic rings. The van der Waals surface area contributed by atoms with Crippen molar-refractivity contribution in [3.05, 3.63) is 0 Å². The fourth-order valence-corrected chi connectivity index (χ4v) is 3.29. The van der Waals surface area contributed by atoms with Crippen molar-refractivity contribution in [2.24, 2.45) is 11.8 Å². The van der Waals surface area contributed by atoms with Gasteiger partial charge in [-0.05, 0) is 38.6 Å². The molecule has 1 heterocycles. The fourth-order valence-electron chi connectivity index (χ4n) is 3.29. The molecule has 4 unspecified atom stereocenters. The van der Waals surface area contributed by atoms with Crippen LogP contribution in [0.5, 0.6) is 0 Å². The highest BCUT2D eigenvalue weighted by atomic mass is 15.2. The molecule has 2 aliphatic rings. The number of rotatable bonds is 0. The van der Waals surface area contributed by atoms with Gasteiger partial charge in [-0.2, -0.15) is 0 Å². The number of likely N-dealkylation sites (tertiary alicyclic amines) is 1. The summed E-state index contributed by atoms with van der Waals surface area (Å²) in [5.41, 5.74) is 0. The van der Waals surface area contributed by atoms with E-state index in [0.29, 0.717) is 0 Å². The minimum absolute atomic E-state index is 0.818. The summed E-state index contributed by atoms with van der Waals surface area (Å²) in [7, 11) is 2.32. The molecule has 0 radical (unpaired) electrons. The largest absolute Gasteiger partial charge is 0.300 e. The molecule has 1 saturated carbocycles. The van der Waals surface area contributed by atoms with Crippen LogP contribution in [0.3, 0.4) is 0 Å². The van der Waals surface area contributed by atoms with Gasteiger partial charge in [0, 0.05) is 12.1 Å². The maximum absolute atomic E-state index is 2.62. The normalized spacial score (nSPS) is 49.2. The van der Waals surface area contributed by atoms with E-state index in [1.54, 1.807) is 0 Å². The minimum atomic E-state index is 0.818. The third-order valence-electron chi connectivity index (χ3n) is 4.38. The molecule has 1 aliphatic carbocycles. The minimum Gasteiger partial charge on any atom is -0.300 e. The van der Waals surface area contributed by atoms with Gasteiger partial charge in [-0.15, -0.1) is 0 Å². The van der Waals surface area contributed by atoms with Gasteiger partial charge in [0.15, 0.2) is 0 Å². The summed E-state index contributed by atoms with van der Waals surface area (Å²) in [6.45, 7) is 4.83. The summed E-state index contributed by atoms with van der Waals surface area (Å²) in [6, 6.07) is 1.74. The molecule has 0 aromatic heterocycles. The van der Waals surface area contributed by atoms with Gasteiger partial charge in [0.1, 0.15) is 0 Å². The number of hydrogen-bond acceptors (Lipinski definition) is 1. The first-order chi connectivity index (χ1) is 5.72. The van der Waals surface area contributed by atoms with E-state index in [4.69, 9.17) is 0 Å². The molecule has 70 valence electrons. The van der Waals surface area contributed by atoms with E-state index in [-0.39, 0.29) is 0 Å². The van der Waals surface area contributed by atoms with Gasteiger partial charge < -0.3 is 4.90 Å². The topological polar surface area (TPSA) is 3.24 Å². The van der Waals surface area contributed by atoms with Crippen molar-refractivity contribution in [3.63, 3.8) is 0 Å². The molecule has 1 aliphatic heterocycles. The second-order valence-corrected chi connectivity index (χ2v) is 4.78. The van der Waals surface area contributed by atoms with E-state index in [9.17, 15) is 0 Å². The molecule has 0 N–H and O–H groups in total. The summed E-state index contributed by atoms with van der Waals surface area (Å²) in [4.78, 5) is 2.62. The molecular weight excluding hydrogens is 146 g/mol. The molecule has 0 amide bonds. The standard InChI is InChI=1S/C11H21N/c1-8-9(2)12(3)11-7-5-4-6-10(8)11/h8-11H,4-7H2,1-3H3. The Kier molecular flexibility index (Phi) is 2.16. The third-order valence-corrected chi connectivity index (χ3v) is 4.38. The molecule has 2 rings (SSSR count). The first kappa shape index (κ1) is 8.55. The van der Waals surface area contributed by atoms with Crippen molar-refractivity contribution >= 4 is 0 Å². The van der Waals surface area contributed by atoms with Gasteiger partial charge >= 0.3 is 0 Å². The molecule has 0 aromatic carbocycles. The van der Waals surface area contributed by atoms with Crippen LogP contribution in [0.1, 0.15) is 39.5 Å². The SMILES string of the molecule is CC1C2CCCCC2N(C)C1C. The molecule has 1 saturated heterocycles. The highest BCUT2D eigenvalue weighted by Crippen LogP contribution is 2.42. The van der Waals surface area contributed by atoms with Crippen LogP contribution in [0.15, 0.2) is 0 Å². The van der Waals surface area contributed by atoms with E-state index in [0.717, 1.165) is 23.9 Å². The van der Waals surface area contributed by atoms with E-state index in [2.05, 4.69) is 25.8 Å².